The minimum atomic E-state index is -0.228. The summed E-state index contributed by atoms with van der Waals surface area (Å²) in [5.74, 6) is 0.359. The zero-order valence-electron chi connectivity index (χ0n) is 13.9. The van der Waals surface area contributed by atoms with Crippen LogP contribution in [0.4, 0.5) is 17.2 Å². The Kier molecular flexibility index (Phi) is 5.21. The molecule has 23 heavy (non-hydrogen) atoms. The molecule has 0 saturated heterocycles. The lowest BCUT2D eigenvalue weighted by Gasteiger charge is -2.19. The molecular weight excluding hydrogens is 288 g/mol. The zero-order valence-corrected chi connectivity index (χ0v) is 13.9. The van der Waals surface area contributed by atoms with Crippen LogP contribution in [0.15, 0.2) is 42.6 Å². The van der Waals surface area contributed by atoms with Gasteiger partial charge in [0, 0.05) is 12.7 Å². The highest BCUT2D eigenvalue weighted by atomic mass is 16.1. The van der Waals surface area contributed by atoms with E-state index in [1.54, 1.807) is 30.5 Å². The van der Waals surface area contributed by atoms with E-state index >= 15 is 0 Å². The molecule has 1 aromatic carbocycles. The monoisotopic (exact) mass is 312 g/mol. The van der Waals surface area contributed by atoms with Crippen molar-refractivity contribution in [1.82, 2.24) is 4.98 Å². The topological polar surface area (TPSA) is 80.0 Å². The second-order valence-electron chi connectivity index (χ2n) is 6.68. The molecule has 0 fully saturated rings. The molecule has 1 heterocycles. The fraction of sp³-hybridized carbons (Fsp3) is 0.333. The van der Waals surface area contributed by atoms with Crippen LogP contribution in [0.2, 0.25) is 0 Å². The predicted octanol–water partition coefficient (Wildman–Crippen LogP) is 3.76. The Morgan fingerprint density at radius 3 is 2.61 bits per heavy atom. The third-order valence-corrected chi connectivity index (χ3v) is 3.43. The normalized spacial score (nSPS) is 11.1. The van der Waals surface area contributed by atoms with Gasteiger partial charge in [0.1, 0.15) is 5.82 Å². The molecule has 2 rings (SSSR count). The molecule has 0 aliphatic heterocycles. The van der Waals surface area contributed by atoms with Gasteiger partial charge in [-0.3, -0.25) is 4.79 Å². The first kappa shape index (κ1) is 16.8. The molecule has 0 saturated carbocycles. The number of nitrogens with two attached hydrogens (primary N) is 1. The molecule has 0 bridgehead atoms. The standard InChI is InChI=1S/C18H24N4O/c1-18(2,3)10-12-21-16-13(7-6-11-20-16)17(23)22-15-9-5-4-8-14(15)19/h4-9,11H,10,12,19H2,1-3H3,(H,20,21)(H,22,23). The lowest BCUT2D eigenvalue weighted by Crippen LogP contribution is -2.18. The van der Waals surface area contributed by atoms with E-state index in [4.69, 9.17) is 5.73 Å². The number of rotatable bonds is 5. The molecule has 0 radical (unpaired) electrons. The van der Waals surface area contributed by atoms with Gasteiger partial charge in [-0.1, -0.05) is 32.9 Å². The average Bonchev–Trinajstić information content (AvgIpc) is 2.49. The van der Waals surface area contributed by atoms with E-state index in [0.717, 1.165) is 13.0 Å². The minimum absolute atomic E-state index is 0.225. The number of benzene rings is 1. The minimum Gasteiger partial charge on any atom is -0.397 e. The summed E-state index contributed by atoms with van der Waals surface area (Å²) in [6.07, 6.45) is 2.66. The van der Waals surface area contributed by atoms with Gasteiger partial charge in [-0.15, -0.1) is 0 Å². The van der Waals surface area contributed by atoms with Crippen molar-refractivity contribution in [1.29, 1.82) is 0 Å². The predicted molar refractivity (Wildman–Crippen MR) is 95.6 cm³/mol. The van der Waals surface area contributed by atoms with Gasteiger partial charge in [-0.25, -0.2) is 4.98 Å². The van der Waals surface area contributed by atoms with Gasteiger partial charge >= 0.3 is 0 Å². The SMILES string of the molecule is CC(C)(C)CCNc1ncccc1C(=O)Nc1ccccc1N. The second-order valence-corrected chi connectivity index (χ2v) is 6.68. The molecule has 4 N–H and O–H groups in total. The van der Waals surface area contributed by atoms with Crippen LogP contribution in [0.3, 0.4) is 0 Å². The third kappa shape index (κ3) is 4.98. The average molecular weight is 312 g/mol. The first-order valence-electron chi connectivity index (χ1n) is 7.71. The summed E-state index contributed by atoms with van der Waals surface area (Å²) >= 11 is 0. The number of amides is 1. The van der Waals surface area contributed by atoms with E-state index in [-0.39, 0.29) is 11.3 Å². The van der Waals surface area contributed by atoms with Gasteiger partial charge in [0.25, 0.3) is 5.91 Å². The maximum atomic E-state index is 12.5. The summed E-state index contributed by atoms with van der Waals surface area (Å²) in [6, 6.07) is 10.7. The lowest BCUT2D eigenvalue weighted by molar-refractivity contribution is 0.102. The number of hydrogen-bond donors (Lipinski definition) is 3. The molecular formula is C18H24N4O. The zero-order chi connectivity index (χ0) is 16.9. The van der Waals surface area contributed by atoms with Crippen molar-refractivity contribution in [2.75, 3.05) is 22.9 Å². The number of pyridine rings is 1. The summed E-state index contributed by atoms with van der Waals surface area (Å²) in [6.45, 7) is 7.30. The summed E-state index contributed by atoms with van der Waals surface area (Å²) < 4.78 is 0. The Morgan fingerprint density at radius 1 is 1.17 bits per heavy atom. The van der Waals surface area contributed by atoms with Crippen LogP contribution in [0.5, 0.6) is 0 Å². The smallest absolute Gasteiger partial charge is 0.259 e. The summed E-state index contributed by atoms with van der Waals surface area (Å²) in [7, 11) is 0. The van der Waals surface area contributed by atoms with Crippen LogP contribution < -0.4 is 16.4 Å². The molecule has 0 spiro atoms. The molecule has 0 aliphatic rings. The van der Waals surface area contributed by atoms with Crippen molar-refractivity contribution >= 4 is 23.1 Å². The number of carbonyl (C=O) groups excluding carboxylic acids is 1. The molecule has 0 unspecified atom stereocenters. The van der Waals surface area contributed by atoms with Gasteiger partial charge in [-0.05, 0) is 36.1 Å². The molecule has 1 amide bonds. The van der Waals surface area contributed by atoms with Gasteiger partial charge in [-0.2, -0.15) is 0 Å². The van der Waals surface area contributed by atoms with Gasteiger partial charge < -0.3 is 16.4 Å². The molecule has 122 valence electrons. The number of nitrogen functional groups attached to an aromatic ring is 1. The number of nitrogens with zero attached hydrogens (tertiary/aromatic N) is 1. The van der Waals surface area contributed by atoms with Crippen LogP contribution in [0.1, 0.15) is 37.6 Å². The van der Waals surface area contributed by atoms with Gasteiger partial charge in [0.15, 0.2) is 0 Å². The fourth-order valence-corrected chi connectivity index (χ4v) is 2.09. The van der Waals surface area contributed by atoms with Crippen LogP contribution in [-0.4, -0.2) is 17.4 Å². The lowest BCUT2D eigenvalue weighted by atomic mass is 9.92. The largest absolute Gasteiger partial charge is 0.397 e. The Morgan fingerprint density at radius 2 is 1.91 bits per heavy atom. The van der Waals surface area contributed by atoms with Crippen molar-refractivity contribution < 1.29 is 4.79 Å². The third-order valence-electron chi connectivity index (χ3n) is 3.43. The molecule has 0 atom stereocenters. The summed E-state index contributed by atoms with van der Waals surface area (Å²) in [4.78, 5) is 16.8. The van der Waals surface area contributed by atoms with Crippen molar-refractivity contribution in [3.63, 3.8) is 0 Å². The quantitative estimate of drug-likeness (QED) is 0.734. The maximum Gasteiger partial charge on any atom is 0.259 e. The first-order chi connectivity index (χ1) is 10.9. The fourth-order valence-electron chi connectivity index (χ4n) is 2.09. The van der Waals surface area contributed by atoms with E-state index in [2.05, 4.69) is 36.4 Å². The van der Waals surface area contributed by atoms with E-state index < -0.39 is 0 Å². The van der Waals surface area contributed by atoms with Crippen LogP contribution in [-0.2, 0) is 0 Å². The van der Waals surface area contributed by atoms with Crippen LogP contribution >= 0.6 is 0 Å². The highest BCUT2D eigenvalue weighted by Gasteiger charge is 2.15. The van der Waals surface area contributed by atoms with Crippen molar-refractivity contribution in [3.8, 4) is 0 Å². The number of nitrogens with one attached hydrogen (secondary N) is 2. The molecule has 1 aromatic heterocycles. The number of para-hydroxylation sites is 2. The number of anilines is 3. The summed E-state index contributed by atoms with van der Waals surface area (Å²) in [5.41, 5.74) is 7.73. The Balaban J connectivity index is 2.10. The van der Waals surface area contributed by atoms with Gasteiger partial charge in [0.05, 0.1) is 16.9 Å². The number of aromatic nitrogens is 1. The van der Waals surface area contributed by atoms with E-state index in [0.29, 0.717) is 22.8 Å². The van der Waals surface area contributed by atoms with Crippen molar-refractivity contribution in [2.24, 2.45) is 5.41 Å². The highest BCUT2D eigenvalue weighted by Crippen LogP contribution is 2.21. The highest BCUT2D eigenvalue weighted by molar-refractivity contribution is 6.08. The Hall–Kier alpha value is -2.56. The Bertz CT molecular complexity index is 677. The van der Waals surface area contributed by atoms with Crippen molar-refractivity contribution in [3.05, 3.63) is 48.2 Å². The first-order valence-corrected chi connectivity index (χ1v) is 7.71. The molecule has 2 aromatic rings. The van der Waals surface area contributed by atoms with E-state index in [9.17, 15) is 4.79 Å². The maximum absolute atomic E-state index is 12.5. The Labute approximate surface area is 137 Å². The molecule has 5 heteroatoms. The van der Waals surface area contributed by atoms with Crippen LogP contribution in [0, 0.1) is 5.41 Å². The van der Waals surface area contributed by atoms with E-state index in [1.807, 2.05) is 12.1 Å². The number of hydrogen-bond acceptors (Lipinski definition) is 4. The molecule has 5 nitrogen and oxygen atoms in total. The molecule has 0 aliphatic carbocycles. The van der Waals surface area contributed by atoms with Crippen LogP contribution in [0.25, 0.3) is 0 Å². The number of carbonyl (C=O) groups is 1. The second kappa shape index (κ2) is 7.13. The van der Waals surface area contributed by atoms with E-state index in [1.165, 1.54) is 0 Å². The summed E-state index contributed by atoms with van der Waals surface area (Å²) in [5, 5.41) is 6.08. The van der Waals surface area contributed by atoms with Crippen molar-refractivity contribution in [2.45, 2.75) is 27.2 Å². The van der Waals surface area contributed by atoms with Gasteiger partial charge in [0.2, 0.25) is 0 Å².